The van der Waals surface area contributed by atoms with Crippen LogP contribution in [0.1, 0.15) is 110 Å². The molecule has 0 heterocycles. The normalized spacial score (nSPS) is 10.8. The number of urea groups is 1. The van der Waals surface area contributed by atoms with Crippen LogP contribution in [0.3, 0.4) is 0 Å². The number of para-hydroxylation sites is 1. The maximum atomic E-state index is 11.6. The van der Waals surface area contributed by atoms with Crippen LogP contribution in [-0.2, 0) is 0 Å². The van der Waals surface area contributed by atoms with Gasteiger partial charge >= 0.3 is 6.03 Å². The summed E-state index contributed by atoms with van der Waals surface area (Å²) in [6.45, 7) is 2.94. The van der Waals surface area contributed by atoms with Gasteiger partial charge in [0.2, 0.25) is 0 Å². The van der Waals surface area contributed by atoms with E-state index in [0.29, 0.717) is 6.54 Å². The summed E-state index contributed by atoms with van der Waals surface area (Å²) < 4.78 is 0. The second-order valence-electron chi connectivity index (χ2n) is 8.27. The zero-order valence-electron chi connectivity index (χ0n) is 18.8. The van der Waals surface area contributed by atoms with Gasteiger partial charge in [-0.25, -0.2) is 9.80 Å². The maximum absolute atomic E-state index is 11.6. The average molecular weight is 404 g/mol. The molecule has 0 atom stereocenters. The van der Waals surface area contributed by atoms with E-state index in [2.05, 4.69) is 12.3 Å². The number of rotatable bonds is 19. The third-order valence-corrected chi connectivity index (χ3v) is 5.54. The number of nitrogens with zero attached hydrogens (tertiary/aromatic N) is 1. The van der Waals surface area contributed by atoms with E-state index in [-0.39, 0.29) is 0 Å². The number of hydrogen-bond donors (Lipinski definition) is 2. The van der Waals surface area contributed by atoms with E-state index in [9.17, 15) is 4.79 Å². The molecule has 0 aromatic heterocycles. The van der Waals surface area contributed by atoms with Gasteiger partial charge in [0, 0.05) is 6.54 Å². The van der Waals surface area contributed by atoms with Crippen LogP contribution < -0.4 is 11.2 Å². The Morgan fingerprint density at radius 3 is 1.55 bits per heavy atom. The number of benzene rings is 1. The summed E-state index contributed by atoms with van der Waals surface area (Å²) in [6.07, 6.45) is 21.6. The lowest BCUT2D eigenvalue weighted by molar-refractivity contribution is 0.217. The number of anilines is 1. The zero-order valence-corrected chi connectivity index (χ0v) is 18.8. The fourth-order valence-corrected chi connectivity index (χ4v) is 3.71. The lowest BCUT2D eigenvalue weighted by atomic mass is 10.0. The number of hydrazine groups is 1. The smallest absolute Gasteiger partial charge is 0.333 e. The lowest BCUT2D eigenvalue weighted by Gasteiger charge is -2.22. The van der Waals surface area contributed by atoms with Gasteiger partial charge in [0.15, 0.2) is 0 Å². The first kappa shape index (κ1) is 25.3. The van der Waals surface area contributed by atoms with E-state index in [1.807, 2.05) is 30.3 Å². The van der Waals surface area contributed by atoms with Crippen LogP contribution >= 0.6 is 0 Å². The van der Waals surface area contributed by atoms with Crippen LogP contribution in [0.2, 0.25) is 0 Å². The third-order valence-electron chi connectivity index (χ3n) is 5.54. The highest BCUT2D eigenvalue weighted by molar-refractivity contribution is 5.73. The predicted octanol–water partition coefficient (Wildman–Crippen LogP) is 7.66. The Labute approximate surface area is 179 Å². The van der Waals surface area contributed by atoms with Crippen molar-refractivity contribution in [1.82, 2.24) is 5.01 Å². The molecule has 0 unspecified atom stereocenters. The molecule has 0 saturated carbocycles. The Hall–Kier alpha value is -1.71. The Balaban J connectivity index is 1.88. The van der Waals surface area contributed by atoms with Crippen LogP contribution in [-0.4, -0.2) is 17.6 Å². The molecule has 0 saturated heterocycles. The van der Waals surface area contributed by atoms with Gasteiger partial charge in [-0.05, 0) is 18.6 Å². The Morgan fingerprint density at radius 1 is 0.724 bits per heavy atom. The van der Waals surface area contributed by atoms with Crippen molar-refractivity contribution in [3.63, 3.8) is 0 Å². The molecule has 2 amide bonds. The number of primary amides is 1. The molecule has 1 aromatic carbocycles. The zero-order chi connectivity index (χ0) is 21.0. The van der Waals surface area contributed by atoms with Crippen molar-refractivity contribution >= 4 is 11.7 Å². The molecule has 0 aliphatic heterocycles. The number of unbranched alkanes of at least 4 members (excludes halogenated alkanes) is 15. The number of amides is 2. The van der Waals surface area contributed by atoms with E-state index >= 15 is 0 Å². The third kappa shape index (κ3) is 14.9. The van der Waals surface area contributed by atoms with Crippen molar-refractivity contribution in [3.8, 4) is 0 Å². The second kappa shape index (κ2) is 18.3. The van der Waals surface area contributed by atoms with Gasteiger partial charge in [0.1, 0.15) is 0 Å². The van der Waals surface area contributed by atoms with Crippen LogP contribution in [0.25, 0.3) is 0 Å². The molecular formula is C25H45N3O. The molecule has 1 aromatic rings. The summed E-state index contributed by atoms with van der Waals surface area (Å²) in [6, 6.07) is 9.28. The topological polar surface area (TPSA) is 58.4 Å². The first-order valence-corrected chi connectivity index (χ1v) is 12.1. The lowest BCUT2D eigenvalue weighted by Crippen LogP contribution is -2.40. The summed E-state index contributed by atoms with van der Waals surface area (Å²) in [5, 5.41) is 1.51. The van der Waals surface area contributed by atoms with Gasteiger partial charge in [-0.15, -0.1) is 0 Å². The number of carbonyl (C=O) groups excluding carboxylic acids is 1. The summed E-state index contributed by atoms with van der Waals surface area (Å²) in [7, 11) is 0. The van der Waals surface area contributed by atoms with Crippen molar-refractivity contribution in [2.75, 3.05) is 12.0 Å². The molecule has 4 nitrogen and oxygen atoms in total. The number of nitrogens with one attached hydrogen (secondary N) is 1. The monoisotopic (exact) mass is 403 g/mol. The van der Waals surface area contributed by atoms with Crippen molar-refractivity contribution in [2.45, 2.75) is 110 Å². The summed E-state index contributed by atoms with van der Waals surface area (Å²) in [5.74, 6) is 0. The van der Waals surface area contributed by atoms with Crippen LogP contribution in [0.5, 0.6) is 0 Å². The Kier molecular flexibility index (Phi) is 16.0. The van der Waals surface area contributed by atoms with E-state index in [0.717, 1.165) is 18.5 Å². The molecule has 0 fully saturated rings. The van der Waals surface area contributed by atoms with Gasteiger partial charge in [-0.2, -0.15) is 0 Å². The Morgan fingerprint density at radius 2 is 1.14 bits per heavy atom. The van der Waals surface area contributed by atoms with Crippen LogP contribution in [0, 0.1) is 0 Å². The predicted molar refractivity (Wildman–Crippen MR) is 126 cm³/mol. The highest BCUT2D eigenvalue weighted by atomic mass is 16.2. The fraction of sp³-hybridized carbons (Fsp3) is 0.720. The molecule has 0 radical (unpaired) electrons. The van der Waals surface area contributed by atoms with Gasteiger partial charge in [-0.3, -0.25) is 5.43 Å². The van der Waals surface area contributed by atoms with Gasteiger partial charge < -0.3 is 5.73 Å². The highest BCUT2D eigenvalue weighted by Gasteiger charge is 2.08. The van der Waals surface area contributed by atoms with Crippen molar-refractivity contribution < 1.29 is 4.79 Å². The van der Waals surface area contributed by atoms with E-state index < -0.39 is 6.03 Å². The standard InChI is InChI=1S/C25H45N3O/c1-2-3-4-5-6-7-8-9-10-11-12-13-14-15-16-20-23-28(25(26)29)27-24-21-18-17-19-22-24/h17-19,21-22,27H,2-16,20,23H2,1H3,(H2,26,29). The van der Waals surface area contributed by atoms with Crippen LogP contribution in [0.4, 0.5) is 10.5 Å². The molecular weight excluding hydrogens is 358 g/mol. The average Bonchev–Trinajstić information content (AvgIpc) is 2.73. The number of hydrogen-bond acceptors (Lipinski definition) is 2. The quantitative estimate of drug-likeness (QED) is 0.184. The van der Waals surface area contributed by atoms with E-state index in [4.69, 9.17) is 5.73 Å². The summed E-state index contributed by atoms with van der Waals surface area (Å²) in [5.41, 5.74) is 9.46. The second-order valence-corrected chi connectivity index (χ2v) is 8.27. The molecule has 1 rings (SSSR count). The Bertz CT molecular complexity index is 492. The number of nitrogens with two attached hydrogens (primary N) is 1. The molecule has 0 aliphatic carbocycles. The van der Waals surface area contributed by atoms with Gasteiger partial charge in [0.25, 0.3) is 0 Å². The molecule has 0 spiro atoms. The van der Waals surface area contributed by atoms with Gasteiger partial charge in [-0.1, -0.05) is 121 Å². The maximum Gasteiger partial charge on any atom is 0.333 e. The molecule has 166 valence electrons. The SMILES string of the molecule is CCCCCCCCCCCCCCCCCCN(Nc1ccccc1)C(N)=O. The molecule has 4 heteroatoms. The number of carbonyl (C=O) groups is 1. The molecule has 0 aliphatic rings. The minimum absolute atomic E-state index is 0.421. The molecule has 0 bridgehead atoms. The summed E-state index contributed by atoms with van der Waals surface area (Å²) in [4.78, 5) is 11.6. The highest BCUT2D eigenvalue weighted by Crippen LogP contribution is 2.14. The van der Waals surface area contributed by atoms with E-state index in [1.54, 1.807) is 0 Å². The first-order valence-electron chi connectivity index (χ1n) is 12.1. The van der Waals surface area contributed by atoms with Gasteiger partial charge in [0.05, 0.1) is 5.69 Å². The minimum Gasteiger partial charge on any atom is -0.350 e. The van der Waals surface area contributed by atoms with Crippen molar-refractivity contribution in [3.05, 3.63) is 30.3 Å². The largest absolute Gasteiger partial charge is 0.350 e. The summed E-state index contributed by atoms with van der Waals surface area (Å²) >= 11 is 0. The van der Waals surface area contributed by atoms with Crippen LogP contribution in [0.15, 0.2) is 30.3 Å². The minimum atomic E-state index is -0.421. The van der Waals surface area contributed by atoms with E-state index in [1.165, 1.54) is 94.9 Å². The first-order chi connectivity index (χ1) is 14.2. The molecule has 29 heavy (non-hydrogen) atoms. The molecule has 3 N–H and O–H groups in total. The fourth-order valence-electron chi connectivity index (χ4n) is 3.71. The van der Waals surface area contributed by atoms with Crippen molar-refractivity contribution in [1.29, 1.82) is 0 Å². The van der Waals surface area contributed by atoms with Crippen molar-refractivity contribution in [2.24, 2.45) is 5.73 Å².